The van der Waals surface area contributed by atoms with Gasteiger partial charge in [-0.3, -0.25) is 19.2 Å². The second kappa shape index (κ2) is 12.4. The molecule has 1 fully saturated rings. The van der Waals surface area contributed by atoms with E-state index in [1.807, 2.05) is 53.4 Å². The van der Waals surface area contributed by atoms with Crippen LogP contribution in [-0.2, 0) is 51.6 Å². The van der Waals surface area contributed by atoms with Crippen LogP contribution >= 0.6 is 0 Å². The Morgan fingerprint density at radius 3 is 2.02 bits per heavy atom. The molecule has 5 atom stereocenters. The van der Waals surface area contributed by atoms with E-state index < -0.39 is 54.6 Å². The van der Waals surface area contributed by atoms with Crippen LogP contribution < -0.4 is 15.0 Å². The van der Waals surface area contributed by atoms with Gasteiger partial charge < -0.3 is 31.6 Å². The van der Waals surface area contributed by atoms with E-state index in [4.69, 9.17) is 31.6 Å². The fourth-order valence-corrected chi connectivity index (χ4v) is 6.70. The maximum absolute atomic E-state index is 13.7. The molecule has 3 heterocycles. The molecule has 0 N–H and O–H groups in total. The molecule has 236 valence electrons. The summed E-state index contributed by atoms with van der Waals surface area (Å²) in [7, 11) is 0. The molecule has 1 aromatic heterocycles. The summed E-state index contributed by atoms with van der Waals surface area (Å²) in [6, 6.07) is 27.7. The van der Waals surface area contributed by atoms with Gasteiger partial charge >= 0.3 is 29.4 Å². The number of carbonyl (C=O) groups is 3. The summed E-state index contributed by atoms with van der Waals surface area (Å²) < 4.78 is 27.8. The number of fused-ring (bicyclic) bond motifs is 3. The summed E-state index contributed by atoms with van der Waals surface area (Å²) in [5, 5.41) is 0.175. The van der Waals surface area contributed by atoms with Gasteiger partial charge in [0, 0.05) is 26.8 Å². The fraction of sp³-hybridized carbons (Fsp3) is 0.265. The number of rotatable bonds is 8. The van der Waals surface area contributed by atoms with Crippen molar-refractivity contribution < 1.29 is 37.9 Å². The average molecular weight is 642 g/mol. The monoisotopic (exact) mass is 641 g/mol. The van der Waals surface area contributed by atoms with Gasteiger partial charge in [-0.2, -0.15) is 4.57 Å². The van der Waals surface area contributed by atoms with E-state index in [1.54, 1.807) is 47.0 Å². The predicted molar refractivity (Wildman–Crippen MR) is 166 cm³/mol. The van der Waals surface area contributed by atoms with Crippen LogP contribution in [0.1, 0.15) is 32.4 Å². The Morgan fingerprint density at radius 1 is 0.870 bits per heavy atom. The molecule has 1 saturated heterocycles. The number of nitrogens with zero attached hydrogens (tertiary/aromatic N) is 3. The number of hydrogen-bond donors (Lipinski definition) is 0. The minimum Gasteiger partial charge on any atom is -0.746 e. The largest absolute Gasteiger partial charge is 0.746 e. The van der Waals surface area contributed by atoms with Crippen molar-refractivity contribution in [2.75, 3.05) is 11.5 Å². The van der Waals surface area contributed by atoms with Crippen LogP contribution in [0.15, 0.2) is 107 Å². The van der Waals surface area contributed by atoms with E-state index in [-0.39, 0.29) is 10.6 Å². The van der Waals surface area contributed by atoms with Gasteiger partial charge in [-0.15, -0.1) is 0 Å². The van der Waals surface area contributed by atoms with Crippen LogP contribution in [0.4, 0.5) is 11.6 Å². The first-order valence-electron chi connectivity index (χ1n) is 14.6. The molecule has 0 aliphatic carbocycles. The lowest BCUT2D eigenvalue weighted by Crippen LogP contribution is -2.58. The number of anilines is 2. The lowest BCUT2D eigenvalue weighted by molar-refractivity contribution is -0.744. The molecular weight excluding hydrogens is 610 g/mol. The highest BCUT2D eigenvalue weighted by Gasteiger charge is 2.71. The smallest absolute Gasteiger partial charge is 0.374 e. The molecule has 0 spiro atoms. The number of esters is 3. The number of aromatic nitrogens is 2. The third kappa shape index (κ3) is 5.29. The van der Waals surface area contributed by atoms with Gasteiger partial charge in [0.05, 0.1) is 0 Å². The lowest BCUT2D eigenvalue weighted by atomic mass is 9.81. The van der Waals surface area contributed by atoms with Crippen molar-refractivity contribution in [1.82, 2.24) is 4.57 Å². The first kappa shape index (κ1) is 30.9. The molecule has 0 radical (unpaired) electrons. The number of carbonyl (C=O) groups excluding carboxylic acids is 3. The molecule has 3 aromatic carbocycles. The van der Waals surface area contributed by atoms with Crippen LogP contribution in [0.3, 0.4) is 0 Å². The van der Waals surface area contributed by atoms with E-state index in [2.05, 4.69) is 0 Å². The Labute approximate surface area is 270 Å². The zero-order chi connectivity index (χ0) is 32.6. The Balaban J connectivity index is 1.68. The second-order valence-corrected chi connectivity index (χ2v) is 11.4. The molecule has 6 rings (SSSR count). The molecule has 0 saturated carbocycles. The molecular formula is C34H31N3O8S. The molecule has 2 aliphatic heterocycles. The van der Waals surface area contributed by atoms with Crippen LogP contribution in [0.5, 0.6) is 0 Å². The predicted octanol–water partition coefficient (Wildman–Crippen LogP) is 3.40. The van der Waals surface area contributed by atoms with Crippen molar-refractivity contribution in [3.05, 3.63) is 113 Å². The van der Waals surface area contributed by atoms with Crippen molar-refractivity contribution in [1.29, 1.82) is 0 Å². The SMILES string of the molecule is CC(=O)OC[C@@H](OC(C)=O)[C@@]1(c2ccccc2)O[C@H]2[C@@H]([C@H]1OC(C)=O)[n+]1c([S-])cc(=O)n(-c3ccccc3)c1N2c1ccccc1. The second-order valence-electron chi connectivity index (χ2n) is 11.0. The highest BCUT2D eigenvalue weighted by Crippen LogP contribution is 2.54. The minimum absolute atomic E-state index is 0.175. The van der Waals surface area contributed by atoms with Crippen molar-refractivity contribution in [2.45, 2.75) is 55.9 Å². The third-order valence-electron chi connectivity index (χ3n) is 8.02. The quantitative estimate of drug-likeness (QED) is 0.0932. The molecule has 2 aliphatic rings. The highest BCUT2D eigenvalue weighted by atomic mass is 32.1. The van der Waals surface area contributed by atoms with E-state index in [1.165, 1.54) is 31.4 Å². The van der Waals surface area contributed by atoms with E-state index in [0.717, 1.165) is 0 Å². The van der Waals surface area contributed by atoms with Gasteiger partial charge in [0.25, 0.3) is 0 Å². The maximum atomic E-state index is 13.7. The number of ether oxygens (including phenoxy) is 4. The van der Waals surface area contributed by atoms with Crippen molar-refractivity contribution in [3.63, 3.8) is 0 Å². The Bertz CT molecular complexity index is 1840. The summed E-state index contributed by atoms with van der Waals surface area (Å²) >= 11 is 5.85. The lowest BCUT2D eigenvalue weighted by Gasteiger charge is -2.40. The highest BCUT2D eigenvalue weighted by molar-refractivity contribution is 7.58. The van der Waals surface area contributed by atoms with E-state index in [0.29, 0.717) is 22.9 Å². The summed E-state index contributed by atoms with van der Waals surface area (Å²) in [5.41, 5.74) is -0.321. The molecule has 0 bridgehead atoms. The van der Waals surface area contributed by atoms with Crippen molar-refractivity contribution in [2.24, 2.45) is 0 Å². The maximum Gasteiger partial charge on any atom is 0.374 e. The molecule has 4 aromatic rings. The zero-order valence-corrected chi connectivity index (χ0v) is 26.1. The van der Waals surface area contributed by atoms with Crippen LogP contribution in [0.2, 0.25) is 0 Å². The van der Waals surface area contributed by atoms with Gasteiger partial charge in [0.2, 0.25) is 6.23 Å². The Hall–Kier alpha value is -5.07. The Kier molecular flexibility index (Phi) is 8.32. The first-order valence-corrected chi connectivity index (χ1v) is 15.0. The van der Waals surface area contributed by atoms with Gasteiger partial charge in [-0.25, -0.2) is 9.47 Å². The van der Waals surface area contributed by atoms with E-state index in [9.17, 15) is 19.2 Å². The van der Waals surface area contributed by atoms with Crippen molar-refractivity contribution in [3.8, 4) is 5.69 Å². The van der Waals surface area contributed by atoms with Gasteiger partial charge in [-0.1, -0.05) is 66.7 Å². The summed E-state index contributed by atoms with van der Waals surface area (Å²) in [5.74, 6) is -1.52. The van der Waals surface area contributed by atoms with Crippen molar-refractivity contribution >= 4 is 42.2 Å². The van der Waals surface area contributed by atoms with Gasteiger partial charge in [0.15, 0.2) is 23.9 Å². The normalized spacial score (nSPS) is 22.0. The topological polar surface area (TPSA) is 117 Å². The van der Waals surface area contributed by atoms with Crippen LogP contribution in [-0.4, -0.2) is 47.5 Å². The standard InChI is InChI=1S/C34H31N3O8S/c1-21(38)42-20-27(43-22(2)39)34(24-13-7-4-8-14-24)31(44-23(3)40)30-32(45-34)36(26-17-11-6-12-18-26)33-35(25-15-9-5-10-16-25)28(41)19-29(46)37(30)33/h4-19,27,30-32H,20H2,1-3H3/t27-,30-,31-,32+,34-/m1/s1. The van der Waals surface area contributed by atoms with Crippen LogP contribution in [0, 0.1) is 0 Å². The molecule has 12 heteroatoms. The fourth-order valence-electron chi connectivity index (χ4n) is 6.39. The third-order valence-corrected chi connectivity index (χ3v) is 8.33. The number of benzene rings is 3. The molecule has 0 unspecified atom stereocenters. The van der Waals surface area contributed by atoms with E-state index >= 15 is 0 Å². The minimum atomic E-state index is -1.70. The van der Waals surface area contributed by atoms with Crippen LogP contribution in [0.25, 0.3) is 5.69 Å². The summed E-state index contributed by atoms with van der Waals surface area (Å²) in [6.07, 6.45) is -3.42. The number of para-hydroxylation sites is 2. The van der Waals surface area contributed by atoms with Gasteiger partial charge in [0.1, 0.15) is 18.0 Å². The summed E-state index contributed by atoms with van der Waals surface area (Å²) in [6.45, 7) is 3.35. The van der Waals surface area contributed by atoms with Gasteiger partial charge in [-0.05, 0) is 34.9 Å². The number of hydrogen-bond acceptors (Lipinski definition) is 10. The molecule has 46 heavy (non-hydrogen) atoms. The molecule has 11 nitrogen and oxygen atoms in total. The first-order chi connectivity index (χ1) is 22.1. The zero-order valence-electron chi connectivity index (χ0n) is 25.3. The average Bonchev–Trinajstić information content (AvgIpc) is 3.52. The Morgan fingerprint density at radius 2 is 1.46 bits per heavy atom. The molecule has 0 amide bonds. The summed E-state index contributed by atoms with van der Waals surface area (Å²) in [4.78, 5) is 53.1.